The molecule has 1 saturated carbocycles. The van der Waals surface area contributed by atoms with Gasteiger partial charge in [0.25, 0.3) is 0 Å². The van der Waals surface area contributed by atoms with Gasteiger partial charge in [0.05, 0.1) is 5.54 Å². The molecule has 0 aromatic carbocycles. The molecule has 0 aromatic heterocycles. The van der Waals surface area contributed by atoms with Crippen LogP contribution < -0.4 is 5.32 Å². The van der Waals surface area contributed by atoms with E-state index >= 15 is 0 Å². The van der Waals surface area contributed by atoms with Crippen molar-refractivity contribution in [3.05, 3.63) is 0 Å². The summed E-state index contributed by atoms with van der Waals surface area (Å²) in [5.41, 5.74) is 0.244. The van der Waals surface area contributed by atoms with Crippen LogP contribution in [-0.2, 0) is 4.74 Å². The predicted molar refractivity (Wildman–Crippen MR) is 92.5 cm³/mol. The van der Waals surface area contributed by atoms with Gasteiger partial charge in [-0.05, 0) is 62.9 Å². The first-order valence-corrected chi connectivity index (χ1v) is 9.81. The van der Waals surface area contributed by atoms with Gasteiger partial charge in [0, 0.05) is 6.54 Å². The number of carbonyl (C=O) groups excluding carboxylic acids is 1. The Balaban J connectivity index is 1.83. The van der Waals surface area contributed by atoms with Gasteiger partial charge in [0.15, 0.2) is 0 Å². The van der Waals surface area contributed by atoms with Crippen molar-refractivity contribution in [3.63, 3.8) is 0 Å². The number of amides is 1. The third kappa shape index (κ3) is 3.11. The third-order valence-electron chi connectivity index (χ3n) is 7.12. The maximum absolute atomic E-state index is 12.5. The number of ether oxygens (including phenoxy) is 1. The topological polar surface area (TPSA) is 41.6 Å². The van der Waals surface area contributed by atoms with Gasteiger partial charge in [0.1, 0.15) is 6.61 Å². The lowest BCUT2D eigenvalue weighted by Crippen LogP contribution is -2.55. The maximum Gasteiger partial charge on any atom is 0.410 e. The van der Waals surface area contributed by atoms with Crippen molar-refractivity contribution in [2.24, 2.45) is 11.3 Å². The van der Waals surface area contributed by atoms with Crippen molar-refractivity contribution in [3.8, 4) is 0 Å². The van der Waals surface area contributed by atoms with E-state index in [1.54, 1.807) is 0 Å². The Morgan fingerprint density at radius 3 is 2.39 bits per heavy atom. The van der Waals surface area contributed by atoms with Crippen LogP contribution in [-0.4, -0.2) is 42.8 Å². The average molecular weight is 322 g/mol. The Labute approximate surface area is 141 Å². The second-order valence-electron chi connectivity index (χ2n) is 8.02. The molecular formula is C19H34N2O2. The van der Waals surface area contributed by atoms with Gasteiger partial charge in [0.2, 0.25) is 0 Å². The first kappa shape index (κ1) is 17.1. The highest BCUT2D eigenvalue weighted by Gasteiger charge is 2.50. The fourth-order valence-corrected chi connectivity index (χ4v) is 5.26. The fraction of sp³-hybridized carbons (Fsp3) is 0.947. The molecular weight excluding hydrogens is 288 g/mol. The van der Waals surface area contributed by atoms with E-state index in [9.17, 15) is 4.79 Å². The molecule has 132 valence electrons. The number of nitrogens with one attached hydrogen (secondary N) is 1. The van der Waals surface area contributed by atoms with E-state index in [1.807, 2.05) is 0 Å². The lowest BCUT2D eigenvalue weighted by Gasteiger charge is -2.49. The summed E-state index contributed by atoms with van der Waals surface area (Å²) in [5.74, 6) is 0.790. The molecule has 4 heteroatoms. The number of carbonyl (C=O) groups is 1. The normalized spacial score (nSPS) is 27.9. The molecule has 23 heavy (non-hydrogen) atoms. The molecule has 0 unspecified atom stereocenters. The predicted octanol–water partition coefficient (Wildman–Crippen LogP) is 3.95. The number of piperidine rings is 1. The minimum absolute atomic E-state index is 0.0658. The molecule has 0 atom stereocenters. The minimum Gasteiger partial charge on any atom is -0.447 e. The summed E-state index contributed by atoms with van der Waals surface area (Å²) in [6, 6.07) is 0. The second kappa shape index (κ2) is 7.00. The third-order valence-corrected chi connectivity index (χ3v) is 7.12. The Morgan fingerprint density at radius 1 is 1.13 bits per heavy atom. The van der Waals surface area contributed by atoms with Crippen LogP contribution in [0.3, 0.4) is 0 Å². The fourth-order valence-electron chi connectivity index (χ4n) is 5.26. The van der Waals surface area contributed by atoms with Crippen LogP contribution in [0.15, 0.2) is 0 Å². The second-order valence-corrected chi connectivity index (χ2v) is 8.02. The van der Waals surface area contributed by atoms with Gasteiger partial charge in [-0.25, -0.2) is 4.79 Å². The van der Waals surface area contributed by atoms with E-state index in [4.69, 9.17) is 4.74 Å². The van der Waals surface area contributed by atoms with Crippen LogP contribution in [0.25, 0.3) is 0 Å². The van der Waals surface area contributed by atoms with Gasteiger partial charge < -0.3 is 10.1 Å². The molecule has 3 fully saturated rings. The largest absolute Gasteiger partial charge is 0.447 e. The van der Waals surface area contributed by atoms with Crippen molar-refractivity contribution in [1.82, 2.24) is 10.2 Å². The van der Waals surface area contributed by atoms with Crippen molar-refractivity contribution < 1.29 is 9.53 Å². The van der Waals surface area contributed by atoms with E-state index in [0.29, 0.717) is 12.0 Å². The first-order chi connectivity index (χ1) is 11.2. The summed E-state index contributed by atoms with van der Waals surface area (Å²) in [4.78, 5) is 14.6. The van der Waals surface area contributed by atoms with Crippen molar-refractivity contribution in [2.75, 3.05) is 26.2 Å². The van der Waals surface area contributed by atoms with Crippen molar-refractivity contribution in [1.29, 1.82) is 0 Å². The van der Waals surface area contributed by atoms with Gasteiger partial charge in [-0.2, -0.15) is 0 Å². The van der Waals surface area contributed by atoms with E-state index < -0.39 is 0 Å². The van der Waals surface area contributed by atoms with Crippen molar-refractivity contribution >= 4 is 6.09 Å². The zero-order valence-electron chi connectivity index (χ0n) is 15.0. The van der Waals surface area contributed by atoms with Gasteiger partial charge in [-0.3, -0.25) is 4.90 Å². The molecule has 2 aliphatic heterocycles. The molecule has 1 amide bonds. The number of hydrogen-bond donors (Lipinski definition) is 1. The van der Waals surface area contributed by atoms with Gasteiger partial charge >= 0.3 is 6.09 Å². The molecule has 0 radical (unpaired) electrons. The molecule has 2 heterocycles. The highest BCUT2D eigenvalue weighted by atomic mass is 16.6. The minimum atomic E-state index is -0.0672. The maximum atomic E-state index is 12.5. The molecule has 1 N–H and O–H groups in total. The Morgan fingerprint density at radius 2 is 1.78 bits per heavy atom. The van der Waals surface area contributed by atoms with Crippen LogP contribution in [0.5, 0.6) is 0 Å². The monoisotopic (exact) mass is 322 g/mol. The summed E-state index contributed by atoms with van der Waals surface area (Å²) < 4.78 is 5.51. The van der Waals surface area contributed by atoms with Crippen LogP contribution in [0.1, 0.15) is 71.6 Å². The number of rotatable bonds is 5. The quantitative estimate of drug-likeness (QED) is 0.833. The van der Waals surface area contributed by atoms with E-state index in [0.717, 1.165) is 38.4 Å². The molecule has 0 spiro atoms. The number of cyclic esters (lactones) is 1. The zero-order chi connectivity index (χ0) is 16.3. The Hall–Kier alpha value is -0.770. The summed E-state index contributed by atoms with van der Waals surface area (Å²) in [6.45, 7) is 8.11. The van der Waals surface area contributed by atoms with Gasteiger partial charge in [-0.15, -0.1) is 0 Å². The first-order valence-electron chi connectivity index (χ1n) is 9.81. The molecule has 0 aromatic rings. The summed E-state index contributed by atoms with van der Waals surface area (Å²) >= 11 is 0. The molecule has 2 saturated heterocycles. The van der Waals surface area contributed by atoms with Crippen molar-refractivity contribution in [2.45, 2.75) is 77.2 Å². The zero-order valence-corrected chi connectivity index (χ0v) is 15.0. The summed E-state index contributed by atoms with van der Waals surface area (Å²) in [6.07, 6.45) is 11.2. The summed E-state index contributed by atoms with van der Waals surface area (Å²) in [5, 5.41) is 3.53. The van der Waals surface area contributed by atoms with E-state index in [1.165, 1.54) is 44.9 Å². The van der Waals surface area contributed by atoms with Gasteiger partial charge in [-0.1, -0.05) is 33.1 Å². The molecule has 3 aliphatic rings. The lowest BCUT2D eigenvalue weighted by molar-refractivity contribution is 0.0163. The molecule has 3 rings (SSSR count). The smallest absolute Gasteiger partial charge is 0.410 e. The number of hydrogen-bond acceptors (Lipinski definition) is 3. The molecule has 4 nitrogen and oxygen atoms in total. The summed E-state index contributed by atoms with van der Waals surface area (Å²) in [7, 11) is 0. The molecule has 1 aliphatic carbocycles. The Kier molecular flexibility index (Phi) is 5.19. The lowest BCUT2D eigenvalue weighted by atomic mass is 9.63. The standard InChI is InChI=1S/C19H34N2O2/c1-3-19(4-2)15-23-17(22)21(19)14-18(10-12-20-13-11-18)16-8-6-5-7-9-16/h16,20H,3-15H2,1-2H3. The van der Waals surface area contributed by atoms with Crippen LogP contribution in [0.2, 0.25) is 0 Å². The average Bonchev–Trinajstić information content (AvgIpc) is 2.93. The number of nitrogens with zero attached hydrogens (tertiary/aromatic N) is 1. The van der Waals surface area contributed by atoms with Crippen LogP contribution in [0, 0.1) is 11.3 Å². The highest BCUT2D eigenvalue weighted by Crippen LogP contribution is 2.47. The van der Waals surface area contributed by atoms with E-state index in [2.05, 4.69) is 24.1 Å². The highest BCUT2D eigenvalue weighted by molar-refractivity contribution is 5.71. The van der Waals surface area contributed by atoms with E-state index in [-0.39, 0.29) is 11.6 Å². The Bertz CT molecular complexity index is 408. The SMILES string of the molecule is CCC1(CC)COC(=O)N1CC1(C2CCCCC2)CCNCC1. The van der Waals surface area contributed by atoms with Crippen LogP contribution >= 0.6 is 0 Å². The van der Waals surface area contributed by atoms with Crippen LogP contribution in [0.4, 0.5) is 4.79 Å². The molecule has 0 bridgehead atoms.